The number of carbonyl (C=O) groups is 1. The van der Waals surface area contributed by atoms with E-state index < -0.39 is 0 Å². The van der Waals surface area contributed by atoms with Gasteiger partial charge in [0.2, 0.25) is 0 Å². The Hall–Kier alpha value is -1.53. The Labute approximate surface area is 124 Å². The topological polar surface area (TPSA) is 52.9 Å². The van der Waals surface area contributed by atoms with Crippen LogP contribution in [0.4, 0.5) is 0 Å². The average Bonchev–Trinajstić information content (AvgIpc) is 2.53. The molecule has 1 aromatic carbocycles. The van der Waals surface area contributed by atoms with E-state index in [-0.39, 0.29) is 5.91 Å². The Morgan fingerprint density at radius 3 is 2.50 bits per heavy atom. The van der Waals surface area contributed by atoms with Crippen molar-refractivity contribution in [2.75, 3.05) is 12.4 Å². The molecule has 2 unspecified atom stereocenters. The number of halogens is 1. The Balaban J connectivity index is 1.89. The van der Waals surface area contributed by atoms with Crippen LogP contribution < -0.4 is 5.32 Å². The Morgan fingerprint density at radius 1 is 1.25 bits per heavy atom. The van der Waals surface area contributed by atoms with Gasteiger partial charge >= 0.3 is 0 Å². The second kappa shape index (κ2) is 7.31. The van der Waals surface area contributed by atoms with Crippen molar-refractivity contribution >= 4 is 17.5 Å². The van der Waals surface area contributed by atoms with Gasteiger partial charge in [-0.3, -0.25) is 4.79 Å². The fourth-order valence-corrected chi connectivity index (χ4v) is 3.18. The van der Waals surface area contributed by atoms with Crippen molar-refractivity contribution in [2.45, 2.75) is 25.7 Å². The molecular weight excluding hydrogens is 272 g/mol. The lowest BCUT2D eigenvalue weighted by atomic mass is 9.80. The average molecular weight is 291 g/mol. The smallest absolute Gasteiger partial charge is 0.251 e. The van der Waals surface area contributed by atoms with E-state index in [1.54, 1.807) is 24.3 Å². The van der Waals surface area contributed by atoms with Gasteiger partial charge in [0.05, 0.1) is 11.6 Å². The number of amides is 1. The number of nitrogens with one attached hydrogen (secondary N) is 1. The van der Waals surface area contributed by atoms with Gasteiger partial charge in [-0.25, -0.2) is 0 Å². The molecule has 2 rings (SSSR count). The molecule has 20 heavy (non-hydrogen) atoms. The summed E-state index contributed by atoms with van der Waals surface area (Å²) in [6.07, 6.45) is 4.79. The minimum Gasteiger partial charge on any atom is -0.352 e. The maximum absolute atomic E-state index is 12.1. The zero-order chi connectivity index (χ0) is 14.4. The van der Waals surface area contributed by atoms with Crippen molar-refractivity contribution in [2.24, 2.45) is 11.8 Å². The molecule has 1 N–H and O–H groups in total. The molecule has 4 heteroatoms. The second-order valence-corrected chi connectivity index (χ2v) is 5.67. The van der Waals surface area contributed by atoms with Crippen LogP contribution >= 0.6 is 11.6 Å². The molecule has 0 saturated heterocycles. The number of benzene rings is 1. The molecule has 1 amide bonds. The predicted octanol–water partition coefficient (Wildman–Crippen LogP) is 3.33. The lowest BCUT2D eigenvalue weighted by molar-refractivity contribution is 0.0936. The first kappa shape index (κ1) is 14.9. The van der Waals surface area contributed by atoms with Gasteiger partial charge in [-0.05, 0) is 48.9 Å². The number of nitrogens with zero attached hydrogens (tertiary/aromatic N) is 1. The van der Waals surface area contributed by atoms with E-state index in [0.717, 1.165) is 6.42 Å². The highest BCUT2D eigenvalue weighted by Crippen LogP contribution is 2.30. The van der Waals surface area contributed by atoms with Crippen molar-refractivity contribution in [3.8, 4) is 6.07 Å². The lowest BCUT2D eigenvalue weighted by Crippen LogP contribution is -2.34. The summed E-state index contributed by atoms with van der Waals surface area (Å²) in [5.74, 6) is 1.61. The summed E-state index contributed by atoms with van der Waals surface area (Å²) in [7, 11) is 0. The number of hydrogen-bond donors (Lipinski definition) is 1. The van der Waals surface area contributed by atoms with Gasteiger partial charge in [0.25, 0.3) is 5.91 Å². The quantitative estimate of drug-likeness (QED) is 0.865. The minimum atomic E-state index is -0.0756. The SMILES string of the molecule is N#Cc1ccc(C(=O)NCC2CCCCC2CCl)cc1. The van der Waals surface area contributed by atoms with E-state index >= 15 is 0 Å². The van der Waals surface area contributed by atoms with Crippen LogP contribution in [-0.4, -0.2) is 18.3 Å². The first-order valence-electron chi connectivity index (χ1n) is 7.09. The van der Waals surface area contributed by atoms with Crippen molar-refractivity contribution in [1.29, 1.82) is 5.26 Å². The molecule has 2 atom stereocenters. The van der Waals surface area contributed by atoms with E-state index in [0.29, 0.717) is 35.4 Å². The van der Waals surface area contributed by atoms with Crippen LogP contribution in [0.15, 0.2) is 24.3 Å². The van der Waals surface area contributed by atoms with Crippen LogP contribution in [0.1, 0.15) is 41.6 Å². The monoisotopic (exact) mass is 290 g/mol. The lowest BCUT2D eigenvalue weighted by Gasteiger charge is -2.30. The molecule has 3 nitrogen and oxygen atoms in total. The maximum Gasteiger partial charge on any atom is 0.251 e. The Morgan fingerprint density at radius 2 is 1.90 bits per heavy atom. The third-order valence-corrected chi connectivity index (χ3v) is 4.46. The Bertz CT molecular complexity index is 492. The van der Waals surface area contributed by atoms with Gasteiger partial charge in [0.15, 0.2) is 0 Å². The van der Waals surface area contributed by atoms with Crippen LogP contribution in [0.3, 0.4) is 0 Å². The molecule has 1 saturated carbocycles. The van der Waals surface area contributed by atoms with Crippen LogP contribution in [0.5, 0.6) is 0 Å². The molecule has 1 aliphatic carbocycles. The van der Waals surface area contributed by atoms with E-state index in [4.69, 9.17) is 16.9 Å². The molecule has 0 bridgehead atoms. The van der Waals surface area contributed by atoms with Gasteiger partial charge < -0.3 is 5.32 Å². The van der Waals surface area contributed by atoms with Crippen LogP contribution in [-0.2, 0) is 0 Å². The fraction of sp³-hybridized carbons (Fsp3) is 0.500. The standard InChI is InChI=1S/C16H19ClN2O/c17-9-14-3-1-2-4-15(14)11-19-16(20)13-7-5-12(10-18)6-8-13/h5-8,14-15H,1-4,9,11H2,(H,19,20). The molecule has 1 aliphatic rings. The van der Waals surface area contributed by atoms with E-state index in [9.17, 15) is 4.79 Å². The van der Waals surface area contributed by atoms with Crippen molar-refractivity contribution < 1.29 is 4.79 Å². The summed E-state index contributed by atoms with van der Waals surface area (Å²) in [6, 6.07) is 8.75. The second-order valence-electron chi connectivity index (χ2n) is 5.36. The van der Waals surface area contributed by atoms with Crippen molar-refractivity contribution in [3.63, 3.8) is 0 Å². The number of carbonyl (C=O) groups excluding carboxylic acids is 1. The first-order valence-corrected chi connectivity index (χ1v) is 7.62. The first-order chi connectivity index (χ1) is 9.74. The maximum atomic E-state index is 12.1. The van der Waals surface area contributed by atoms with Crippen LogP contribution in [0.25, 0.3) is 0 Å². The minimum absolute atomic E-state index is 0.0756. The fourth-order valence-electron chi connectivity index (χ4n) is 2.78. The summed E-state index contributed by atoms with van der Waals surface area (Å²) in [6.45, 7) is 0.691. The number of alkyl halides is 1. The number of nitriles is 1. The molecule has 1 fully saturated rings. The highest BCUT2D eigenvalue weighted by atomic mass is 35.5. The summed E-state index contributed by atoms with van der Waals surface area (Å²) in [5.41, 5.74) is 1.17. The summed E-state index contributed by atoms with van der Waals surface area (Å²) in [4.78, 5) is 12.1. The van der Waals surface area contributed by atoms with Crippen LogP contribution in [0, 0.1) is 23.2 Å². The van der Waals surface area contributed by atoms with Crippen LogP contribution in [0.2, 0.25) is 0 Å². The normalized spacial score (nSPS) is 22.0. The van der Waals surface area contributed by atoms with E-state index in [1.807, 2.05) is 6.07 Å². The molecule has 106 valence electrons. The van der Waals surface area contributed by atoms with Crippen molar-refractivity contribution in [1.82, 2.24) is 5.32 Å². The largest absolute Gasteiger partial charge is 0.352 e. The number of hydrogen-bond acceptors (Lipinski definition) is 2. The van der Waals surface area contributed by atoms with Gasteiger partial charge in [-0.2, -0.15) is 5.26 Å². The molecule has 0 aromatic heterocycles. The number of rotatable bonds is 4. The van der Waals surface area contributed by atoms with Crippen molar-refractivity contribution in [3.05, 3.63) is 35.4 Å². The highest BCUT2D eigenvalue weighted by Gasteiger charge is 2.24. The molecule has 0 radical (unpaired) electrons. The van der Waals surface area contributed by atoms with Gasteiger partial charge in [0, 0.05) is 18.0 Å². The third-order valence-electron chi connectivity index (χ3n) is 4.07. The summed E-state index contributed by atoms with van der Waals surface area (Å²) in [5, 5.41) is 11.7. The summed E-state index contributed by atoms with van der Waals surface area (Å²) < 4.78 is 0. The summed E-state index contributed by atoms with van der Waals surface area (Å²) >= 11 is 6.00. The molecular formula is C16H19ClN2O. The third kappa shape index (κ3) is 3.74. The molecule has 0 heterocycles. The zero-order valence-electron chi connectivity index (χ0n) is 11.4. The molecule has 0 spiro atoms. The van der Waals surface area contributed by atoms with Gasteiger partial charge in [-0.1, -0.05) is 12.8 Å². The van der Waals surface area contributed by atoms with Gasteiger partial charge in [-0.15, -0.1) is 11.6 Å². The van der Waals surface area contributed by atoms with E-state index in [2.05, 4.69) is 5.32 Å². The predicted molar refractivity (Wildman–Crippen MR) is 79.7 cm³/mol. The van der Waals surface area contributed by atoms with E-state index in [1.165, 1.54) is 19.3 Å². The Kier molecular flexibility index (Phi) is 5.43. The van der Waals surface area contributed by atoms with Gasteiger partial charge in [0.1, 0.15) is 0 Å². The highest BCUT2D eigenvalue weighted by molar-refractivity contribution is 6.18. The molecule has 1 aromatic rings. The zero-order valence-corrected chi connectivity index (χ0v) is 12.2. The molecule has 0 aliphatic heterocycles.